The summed E-state index contributed by atoms with van der Waals surface area (Å²) in [6.45, 7) is 4.51. The van der Waals surface area contributed by atoms with E-state index in [1.807, 2.05) is 17.7 Å². The average molecular weight is 246 g/mol. The second kappa shape index (κ2) is 4.63. The van der Waals surface area contributed by atoms with E-state index < -0.39 is 0 Å². The van der Waals surface area contributed by atoms with Gasteiger partial charge in [-0.05, 0) is 11.6 Å². The lowest BCUT2D eigenvalue weighted by Crippen LogP contribution is -2.35. The van der Waals surface area contributed by atoms with Gasteiger partial charge in [-0.2, -0.15) is 0 Å². The first-order valence-corrected chi connectivity index (χ1v) is 6.31. The van der Waals surface area contributed by atoms with Crippen molar-refractivity contribution in [3.8, 4) is 5.75 Å². The van der Waals surface area contributed by atoms with Gasteiger partial charge in [-0.3, -0.25) is 4.90 Å². The topological polar surface area (TPSA) is 37.6 Å². The summed E-state index contributed by atoms with van der Waals surface area (Å²) in [5.41, 5.74) is 2.19. The number of morpholine rings is 1. The van der Waals surface area contributed by atoms with Crippen LogP contribution in [-0.4, -0.2) is 40.9 Å². The molecule has 0 bridgehead atoms. The molecule has 1 aromatic carbocycles. The van der Waals surface area contributed by atoms with Crippen LogP contribution in [0.4, 0.5) is 0 Å². The van der Waals surface area contributed by atoms with Gasteiger partial charge in [0.2, 0.25) is 0 Å². The fourth-order valence-electron chi connectivity index (χ4n) is 2.66. The van der Waals surface area contributed by atoms with Crippen LogP contribution in [0.15, 0.2) is 24.4 Å². The van der Waals surface area contributed by atoms with Crippen LogP contribution < -0.4 is 0 Å². The van der Waals surface area contributed by atoms with E-state index in [0.717, 1.165) is 43.8 Å². The highest BCUT2D eigenvalue weighted by Gasteiger charge is 2.15. The van der Waals surface area contributed by atoms with Crippen molar-refractivity contribution in [1.29, 1.82) is 0 Å². The molecule has 0 unspecified atom stereocenters. The highest BCUT2D eigenvalue weighted by atomic mass is 16.5. The smallest absolute Gasteiger partial charge is 0.139 e. The minimum Gasteiger partial charge on any atom is -0.506 e. The number of para-hydroxylation sites is 1. The first-order chi connectivity index (χ1) is 8.75. The van der Waals surface area contributed by atoms with Crippen LogP contribution in [0.1, 0.15) is 5.56 Å². The number of aryl methyl sites for hydroxylation is 1. The SMILES string of the molecule is Cn1cc(CN2CCOCC2)c2cccc(O)c21. The first-order valence-electron chi connectivity index (χ1n) is 6.31. The number of aromatic hydroxyl groups is 1. The van der Waals surface area contributed by atoms with Crippen LogP contribution in [0.5, 0.6) is 5.75 Å². The Bertz CT molecular complexity index is 556. The van der Waals surface area contributed by atoms with E-state index in [2.05, 4.69) is 17.2 Å². The minimum atomic E-state index is 0.350. The zero-order chi connectivity index (χ0) is 12.5. The number of hydrogen-bond donors (Lipinski definition) is 1. The molecule has 0 aliphatic carbocycles. The lowest BCUT2D eigenvalue weighted by atomic mass is 10.1. The number of hydrogen-bond acceptors (Lipinski definition) is 3. The number of benzene rings is 1. The molecule has 1 fully saturated rings. The Balaban J connectivity index is 1.94. The van der Waals surface area contributed by atoms with Gasteiger partial charge < -0.3 is 14.4 Å². The summed E-state index contributed by atoms with van der Waals surface area (Å²) in [6, 6.07) is 5.71. The van der Waals surface area contributed by atoms with Gasteiger partial charge in [0.25, 0.3) is 0 Å². The Morgan fingerprint density at radius 2 is 2.06 bits per heavy atom. The summed E-state index contributed by atoms with van der Waals surface area (Å²) in [4.78, 5) is 2.39. The highest BCUT2D eigenvalue weighted by Crippen LogP contribution is 2.29. The summed E-state index contributed by atoms with van der Waals surface area (Å²) in [5.74, 6) is 0.350. The molecule has 2 heterocycles. The quantitative estimate of drug-likeness (QED) is 0.876. The van der Waals surface area contributed by atoms with Crippen molar-refractivity contribution >= 4 is 10.9 Å². The molecule has 0 atom stereocenters. The molecule has 1 aliphatic rings. The molecule has 4 nitrogen and oxygen atoms in total. The van der Waals surface area contributed by atoms with Crippen LogP contribution in [0, 0.1) is 0 Å². The highest BCUT2D eigenvalue weighted by molar-refractivity contribution is 5.88. The van der Waals surface area contributed by atoms with E-state index >= 15 is 0 Å². The molecule has 1 N–H and O–H groups in total. The summed E-state index contributed by atoms with van der Waals surface area (Å²) >= 11 is 0. The Morgan fingerprint density at radius 3 is 2.83 bits per heavy atom. The molecule has 3 rings (SSSR count). The Morgan fingerprint density at radius 1 is 1.28 bits per heavy atom. The summed E-state index contributed by atoms with van der Waals surface area (Å²) < 4.78 is 7.36. The van der Waals surface area contributed by atoms with Crippen LogP contribution in [0.25, 0.3) is 10.9 Å². The van der Waals surface area contributed by atoms with Crippen LogP contribution in [-0.2, 0) is 18.3 Å². The van der Waals surface area contributed by atoms with E-state index in [0.29, 0.717) is 5.75 Å². The Kier molecular flexibility index (Phi) is 2.97. The van der Waals surface area contributed by atoms with Crippen molar-refractivity contribution < 1.29 is 9.84 Å². The molecule has 0 saturated carbocycles. The largest absolute Gasteiger partial charge is 0.506 e. The molecule has 0 amide bonds. The molecular formula is C14H18N2O2. The molecule has 1 saturated heterocycles. The lowest BCUT2D eigenvalue weighted by Gasteiger charge is -2.26. The third-order valence-corrected chi connectivity index (χ3v) is 3.56. The summed E-state index contributed by atoms with van der Waals surface area (Å²) in [7, 11) is 1.98. The number of ether oxygens (including phenoxy) is 1. The number of aromatic nitrogens is 1. The van der Waals surface area contributed by atoms with E-state index in [1.54, 1.807) is 6.07 Å². The fraction of sp³-hybridized carbons (Fsp3) is 0.429. The van der Waals surface area contributed by atoms with Gasteiger partial charge in [-0.1, -0.05) is 12.1 Å². The zero-order valence-corrected chi connectivity index (χ0v) is 10.6. The van der Waals surface area contributed by atoms with E-state index in [9.17, 15) is 5.11 Å². The van der Waals surface area contributed by atoms with Gasteiger partial charge in [0.1, 0.15) is 5.75 Å². The third kappa shape index (κ3) is 1.98. The van der Waals surface area contributed by atoms with E-state index in [-0.39, 0.29) is 0 Å². The normalized spacial score (nSPS) is 17.4. The lowest BCUT2D eigenvalue weighted by molar-refractivity contribution is 0.0343. The summed E-state index contributed by atoms with van der Waals surface area (Å²) in [5, 5.41) is 11.1. The molecule has 2 aromatic rings. The number of nitrogens with zero attached hydrogens (tertiary/aromatic N) is 2. The first kappa shape index (κ1) is 11.6. The van der Waals surface area contributed by atoms with Crippen molar-refractivity contribution in [2.24, 2.45) is 7.05 Å². The second-order valence-corrected chi connectivity index (χ2v) is 4.83. The van der Waals surface area contributed by atoms with Gasteiger partial charge in [-0.25, -0.2) is 0 Å². The number of rotatable bonds is 2. The van der Waals surface area contributed by atoms with E-state index in [4.69, 9.17) is 4.74 Å². The van der Waals surface area contributed by atoms with Gasteiger partial charge >= 0.3 is 0 Å². The predicted octanol–water partition coefficient (Wildman–Crippen LogP) is 1.72. The van der Waals surface area contributed by atoms with Crippen molar-refractivity contribution in [2.45, 2.75) is 6.54 Å². The maximum Gasteiger partial charge on any atom is 0.139 e. The summed E-state index contributed by atoms with van der Waals surface area (Å²) in [6.07, 6.45) is 2.11. The predicted molar refractivity (Wildman–Crippen MR) is 70.7 cm³/mol. The zero-order valence-electron chi connectivity index (χ0n) is 10.6. The Hall–Kier alpha value is -1.52. The molecule has 1 aliphatic heterocycles. The maximum absolute atomic E-state index is 9.92. The number of fused-ring (bicyclic) bond motifs is 1. The average Bonchev–Trinajstić information content (AvgIpc) is 2.69. The van der Waals surface area contributed by atoms with Crippen molar-refractivity contribution in [3.63, 3.8) is 0 Å². The second-order valence-electron chi connectivity index (χ2n) is 4.83. The van der Waals surface area contributed by atoms with Gasteiger partial charge in [0.15, 0.2) is 0 Å². The van der Waals surface area contributed by atoms with E-state index in [1.165, 1.54) is 5.56 Å². The minimum absolute atomic E-state index is 0.350. The molecule has 0 spiro atoms. The molecule has 0 radical (unpaired) electrons. The fourth-order valence-corrected chi connectivity index (χ4v) is 2.66. The van der Waals surface area contributed by atoms with Crippen LogP contribution in [0.2, 0.25) is 0 Å². The van der Waals surface area contributed by atoms with Crippen molar-refractivity contribution in [3.05, 3.63) is 30.0 Å². The van der Waals surface area contributed by atoms with Crippen molar-refractivity contribution in [1.82, 2.24) is 9.47 Å². The van der Waals surface area contributed by atoms with Gasteiger partial charge in [0, 0.05) is 38.3 Å². The maximum atomic E-state index is 9.92. The molecule has 18 heavy (non-hydrogen) atoms. The molecule has 4 heteroatoms. The standard InChI is InChI=1S/C14H18N2O2/c1-15-9-11(10-16-5-7-18-8-6-16)12-3-2-4-13(17)14(12)15/h2-4,9,17H,5-8,10H2,1H3. The Labute approximate surface area is 106 Å². The molecular weight excluding hydrogens is 228 g/mol. The number of phenolic OH excluding ortho intramolecular Hbond substituents is 1. The molecule has 96 valence electrons. The van der Waals surface area contributed by atoms with Crippen molar-refractivity contribution in [2.75, 3.05) is 26.3 Å². The van der Waals surface area contributed by atoms with Crippen LogP contribution >= 0.6 is 0 Å². The van der Waals surface area contributed by atoms with Gasteiger partial charge in [0.05, 0.1) is 18.7 Å². The van der Waals surface area contributed by atoms with Gasteiger partial charge in [-0.15, -0.1) is 0 Å². The monoisotopic (exact) mass is 246 g/mol. The molecule has 1 aromatic heterocycles. The van der Waals surface area contributed by atoms with Crippen LogP contribution in [0.3, 0.4) is 0 Å². The number of phenols is 1. The third-order valence-electron chi connectivity index (χ3n) is 3.56.